The van der Waals surface area contributed by atoms with Crippen LogP contribution in [0.15, 0.2) is 22.6 Å². The van der Waals surface area contributed by atoms with Gasteiger partial charge >= 0.3 is 5.97 Å². The first kappa shape index (κ1) is 12.2. The van der Waals surface area contributed by atoms with Gasteiger partial charge in [0.1, 0.15) is 11.5 Å². The van der Waals surface area contributed by atoms with Crippen LogP contribution in [0.2, 0.25) is 0 Å². The predicted molar refractivity (Wildman–Crippen MR) is 64.9 cm³/mol. The zero-order chi connectivity index (χ0) is 13.3. The fraction of sp³-hybridized carbons (Fsp3) is 0.231. The fourth-order valence-corrected chi connectivity index (χ4v) is 1.67. The van der Waals surface area contributed by atoms with Gasteiger partial charge in [-0.1, -0.05) is 6.07 Å². The Balaban J connectivity index is 2.49. The maximum Gasteiger partial charge on any atom is 0.358 e. The van der Waals surface area contributed by atoms with Gasteiger partial charge in [0.05, 0.1) is 7.11 Å². The van der Waals surface area contributed by atoms with Gasteiger partial charge in [0, 0.05) is 5.56 Å². The molecule has 0 bridgehead atoms. The Morgan fingerprint density at radius 1 is 1.39 bits per heavy atom. The molecule has 1 aromatic heterocycles. The van der Waals surface area contributed by atoms with Crippen LogP contribution in [0, 0.1) is 13.8 Å². The van der Waals surface area contributed by atoms with Gasteiger partial charge in [-0.2, -0.15) is 0 Å². The summed E-state index contributed by atoms with van der Waals surface area (Å²) in [6.45, 7) is 3.50. The summed E-state index contributed by atoms with van der Waals surface area (Å²) in [5.74, 6) is 0.182. The van der Waals surface area contributed by atoms with Crippen LogP contribution in [-0.4, -0.2) is 23.2 Å². The van der Waals surface area contributed by atoms with Gasteiger partial charge in [0.25, 0.3) is 0 Å². The second-order valence-electron chi connectivity index (χ2n) is 3.91. The van der Waals surface area contributed by atoms with Crippen LogP contribution in [0.5, 0.6) is 5.75 Å². The lowest BCUT2D eigenvalue weighted by Gasteiger charge is -2.05. The highest BCUT2D eigenvalue weighted by Gasteiger charge is 2.17. The number of oxazole rings is 1. The third-order valence-electron chi connectivity index (χ3n) is 2.65. The number of carboxylic acids is 1. The number of carboxylic acid groups (broad SMARTS) is 1. The molecule has 1 aromatic carbocycles. The van der Waals surface area contributed by atoms with Gasteiger partial charge in [0.15, 0.2) is 5.69 Å². The molecule has 0 radical (unpaired) electrons. The van der Waals surface area contributed by atoms with E-state index in [1.165, 1.54) is 0 Å². The van der Waals surface area contributed by atoms with Gasteiger partial charge in [0.2, 0.25) is 5.89 Å². The van der Waals surface area contributed by atoms with Crippen LogP contribution >= 0.6 is 0 Å². The van der Waals surface area contributed by atoms with E-state index in [9.17, 15) is 4.79 Å². The standard InChI is InChI=1S/C13H13NO4/c1-7-4-5-9(6-10(7)17-3)12-14-11(13(15)16)8(2)18-12/h4-6H,1-3H3,(H,15,16). The molecule has 0 amide bonds. The van der Waals surface area contributed by atoms with Crippen molar-refractivity contribution in [3.05, 3.63) is 35.2 Å². The van der Waals surface area contributed by atoms with E-state index < -0.39 is 5.97 Å². The third-order valence-corrected chi connectivity index (χ3v) is 2.65. The summed E-state index contributed by atoms with van der Waals surface area (Å²) in [4.78, 5) is 14.9. The molecule has 0 saturated carbocycles. The number of rotatable bonds is 3. The molecule has 0 fully saturated rings. The minimum absolute atomic E-state index is 0.0652. The smallest absolute Gasteiger partial charge is 0.358 e. The van der Waals surface area contributed by atoms with Gasteiger partial charge in [-0.3, -0.25) is 0 Å². The van der Waals surface area contributed by atoms with Gasteiger partial charge in [-0.25, -0.2) is 9.78 Å². The van der Waals surface area contributed by atoms with E-state index in [1.807, 2.05) is 19.1 Å². The monoisotopic (exact) mass is 247 g/mol. The molecule has 0 aliphatic rings. The van der Waals surface area contributed by atoms with Crippen molar-refractivity contribution in [1.29, 1.82) is 0 Å². The molecule has 0 aliphatic heterocycles. The van der Waals surface area contributed by atoms with E-state index in [1.54, 1.807) is 20.1 Å². The second-order valence-corrected chi connectivity index (χ2v) is 3.91. The van der Waals surface area contributed by atoms with Crippen LogP contribution < -0.4 is 4.74 Å². The highest BCUT2D eigenvalue weighted by molar-refractivity contribution is 5.87. The number of hydrogen-bond donors (Lipinski definition) is 1. The van der Waals surface area contributed by atoms with E-state index in [0.29, 0.717) is 11.3 Å². The quantitative estimate of drug-likeness (QED) is 0.902. The van der Waals surface area contributed by atoms with Gasteiger partial charge in [-0.15, -0.1) is 0 Å². The van der Waals surface area contributed by atoms with Crippen molar-refractivity contribution in [2.75, 3.05) is 7.11 Å². The van der Waals surface area contributed by atoms with E-state index >= 15 is 0 Å². The average Bonchev–Trinajstić information content (AvgIpc) is 2.72. The molecule has 2 aromatic rings. The minimum atomic E-state index is -1.10. The Morgan fingerprint density at radius 3 is 2.67 bits per heavy atom. The van der Waals surface area contributed by atoms with Crippen molar-refractivity contribution in [3.63, 3.8) is 0 Å². The molecule has 0 saturated heterocycles. The Hall–Kier alpha value is -2.30. The number of aromatic carboxylic acids is 1. The van der Waals surface area contributed by atoms with E-state index in [2.05, 4.69) is 4.98 Å². The highest BCUT2D eigenvalue weighted by atomic mass is 16.5. The van der Waals surface area contributed by atoms with Crippen molar-refractivity contribution >= 4 is 5.97 Å². The van der Waals surface area contributed by atoms with Gasteiger partial charge < -0.3 is 14.3 Å². The summed E-state index contributed by atoms with van der Waals surface area (Å²) in [6, 6.07) is 5.45. The zero-order valence-electron chi connectivity index (χ0n) is 10.4. The SMILES string of the molecule is COc1cc(-c2nc(C(=O)O)c(C)o2)ccc1C. The number of carbonyl (C=O) groups is 1. The Morgan fingerprint density at radius 2 is 2.11 bits per heavy atom. The first-order valence-corrected chi connectivity index (χ1v) is 5.38. The first-order chi connectivity index (χ1) is 8.52. The lowest BCUT2D eigenvalue weighted by atomic mass is 10.1. The molecular weight excluding hydrogens is 234 g/mol. The van der Waals surface area contributed by atoms with E-state index in [-0.39, 0.29) is 17.3 Å². The summed E-state index contributed by atoms with van der Waals surface area (Å²) in [7, 11) is 1.58. The predicted octanol–water partition coefficient (Wildman–Crippen LogP) is 2.67. The van der Waals surface area contributed by atoms with Crippen LogP contribution in [0.1, 0.15) is 21.8 Å². The minimum Gasteiger partial charge on any atom is -0.496 e. The number of aromatic nitrogens is 1. The topological polar surface area (TPSA) is 72.6 Å². The van der Waals surface area contributed by atoms with Crippen molar-refractivity contribution < 1.29 is 19.1 Å². The summed E-state index contributed by atoms with van der Waals surface area (Å²) in [5.41, 5.74) is 1.61. The molecule has 0 spiro atoms. The van der Waals surface area contributed by atoms with Gasteiger partial charge in [-0.05, 0) is 31.5 Å². The summed E-state index contributed by atoms with van der Waals surface area (Å²) >= 11 is 0. The van der Waals surface area contributed by atoms with E-state index in [4.69, 9.17) is 14.3 Å². The highest BCUT2D eigenvalue weighted by Crippen LogP contribution is 2.27. The fourth-order valence-electron chi connectivity index (χ4n) is 1.67. The number of hydrogen-bond acceptors (Lipinski definition) is 4. The van der Waals surface area contributed by atoms with Crippen LogP contribution in [0.25, 0.3) is 11.5 Å². The molecule has 0 unspecified atom stereocenters. The van der Waals surface area contributed by atoms with Crippen molar-refractivity contribution in [3.8, 4) is 17.2 Å². The molecule has 1 N–H and O–H groups in total. The van der Waals surface area contributed by atoms with Crippen LogP contribution in [0.4, 0.5) is 0 Å². The lowest BCUT2D eigenvalue weighted by Crippen LogP contribution is -1.98. The molecule has 5 nitrogen and oxygen atoms in total. The molecule has 18 heavy (non-hydrogen) atoms. The first-order valence-electron chi connectivity index (χ1n) is 5.38. The van der Waals surface area contributed by atoms with Crippen molar-refractivity contribution in [1.82, 2.24) is 4.98 Å². The maximum absolute atomic E-state index is 10.9. The Kier molecular flexibility index (Phi) is 3.06. The molecule has 0 atom stereocenters. The third kappa shape index (κ3) is 2.07. The second kappa shape index (κ2) is 4.52. The molecule has 0 aliphatic carbocycles. The Bertz CT molecular complexity index is 601. The summed E-state index contributed by atoms with van der Waals surface area (Å²) < 4.78 is 10.6. The Labute approximate surface area is 104 Å². The molecular formula is C13H13NO4. The maximum atomic E-state index is 10.9. The van der Waals surface area contributed by atoms with Crippen LogP contribution in [0.3, 0.4) is 0 Å². The number of benzene rings is 1. The van der Waals surface area contributed by atoms with Crippen molar-refractivity contribution in [2.45, 2.75) is 13.8 Å². The number of methoxy groups -OCH3 is 1. The molecule has 5 heteroatoms. The number of aryl methyl sites for hydroxylation is 2. The molecule has 2 rings (SSSR count). The van der Waals surface area contributed by atoms with Crippen molar-refractivity contribution in [2.24, 2.45) is 0 Å². The average molecular weight is 247 g/mol. The molecule has 1 heterocycles. The number of nitrogens with zero attached hydrogens (tertiary/aromatic N) is 1. The lowest BCUT2D eigenvalue weighted by molar-refractivity contribution is 0.0689. The summed E-state index contributed by atoms with van der Waals surface area (Å²) in [6.07, 6.45) is 0. The number of ether oxygens (including phenoxy) is 1. The largest absolute Gasteiger partial charge is 0.496 e. The van der Waals surface area contributed by atoms with Crippen LogP contribution in [-0.2, 0) is 0 Å². The molecule has 94 valence electrons. The van der Waals surface area contributed by atoms with E-state index in [0.717, 1.165) is 5.56 Å². The zero-order valence-corrected chi connectivity index (χ0v) is 10.4. The summed E-state index contributed by atoms with van der Waals surface area (Å²) in [5, 5.41) is 8.92. The normalized spacial score (nSPS) is 10.4.